The fourth-order valence-corrected chi connectivity index (χ4v) is 4.26. The minimum Gasteiger partial charge on any atom is -0.495 e. The number of esters is 1. The van der Waals surface area contributed by atoms with Crippen LogP contribution in [0.4, 0.5) is 17.6 Å². The molecule has 0 saturated carbocycles. The Labute approximate surface area is 189 Å². The van der Waals surface area contributed by atoms with Gasteiger partial charge >= 0.3 is 5.97 Å². The first kappa shape index (κ1) is 22.0. The molecule has 2 aromatic carbocycles. The molecule has 170 valence electrons. The second-order valence-corrected chi connectivity index (χ2v) is 8.34. The quantitative estimate of drug-likeness (QED) is 0.424. The Kier molecular flexibility index (Phi) is 6.04. The van der Waals surface area contributed by atoms with Gasteiger partial charge in [0.1, 0.15) is 18.1 Å². The predicted octanol–water partition coefficient (Wildman–Crippen LogP) is 0.988. The molecule has 1 aliphatic rings. The molecule has 3 aromatic rings. The van der Waals surface area contributed by atoms with E-state index in [1.54, 1.807) is 30.3 Å². The summed E-state index contributed by atoms with van der Waals surface area (Å²) in [5.74, 6) is 0.154. The molecular weight excluding hydrogens is 450 g/mol. The Bertz CT molecular complexity index is 1340. The van der Waals surface area contributed by atoms with Crippen molar-refractivity contribution in [2.45, 2.75) is 11.5 Å². The van der Waals surface area contributed by atoms with Gasteiger partial charge in [-0.2, -0.15) is 15.0 Å². The maximum Gasteiger partial charge on any atom is 0.328 e. The Morgan fingerprint density at radius 3 is 2.70 bits per heavy atom. The van der Waals surface area contributed by atoms with Crippen LogP contribution in [-0.4, -0.2) is 48.8 Å². The Hall–Kier alpha value is -4.26. The van der Waals surface area contributed by atoms with Crippen LogP contribution < -0.4 is 20.5 Å². The van der Waals surface area contributed by atoms with Crippen LogP contribution in [0.2, 0.25) is 0 Å². The number of ether oxygens (including phenoxy) is 2. The van der Waals surface area contributed by atoms with Gasteiger partial charge in [0.05, 0.1) is 17.7 Å². The summed E-state index contributed by atoms with van der Waals surface area (Å²) >= 11 is 0. The molecule has 33 heavy (non-hydrogen) atoms. The van der Waals surface area contributed by atoms with E-state index in [4.69, 9.17) is 15.2 Å². The Morgan fingerprint density at radius 2 is 1.88 bits per heavy atom. The van der Waals surface area contributed by atoms with Crippen LogP contribution in [-0.2, 0) is 26.2 Å². The zero-order valence-corrected chi connectivity index (χ0v) is 18.2. The third kappa shape index (κ3) is 4.98. The van der Waals surface area contributed by atoms with Crippen molar-refractivity contribution in [1.29, 1.82) is 0 Å². The fraction of sp³-hybridized carbons (Fsp3) is 0.150. The van der Waals surface area contributed by atoms with E-state index in [2.05, 4.69) is 30.0 Å². The number of benzene rings is 2. The van der Waals surface area contributed by atoms with Gasteiger partial charge in [-0.3, -0.25) is 14.5 Å². The monoisotopic (exact) mass is 469 g/mol. The lowest BCUT2D eigenvalue weighted by molar-refractivity contribution is -0.143. The predicted molar refractivity (Wildman–Crippen MR) is 118 cm³/mol. The molecule has 4 rings (SSSR count). The average molecular weight is 469 g/mol. The number of nitrogens with zero attached hydrogens (tertiary/aromatic N) is 4. The number of nitrogens with one attached hydrogen (secondary N) is 2. The number of amidine groups is 1. The number of para-hydroxylation sites is 2. The molecule has 0 amide bonds. The van der Waals surface area contributed by atoms with Gasteiger partial charge < -0.3 is 20.5 Å². The molecule has 0 radical (unpaired) electrons. The molecule has 0 atom stereocenters. The van der Waals surface area contributed by atoms with Crippen LogP contribution in [0, 0.1) is 0 Å². The van der Waals surface area contributed by atoms with Gasteiger partial charge in [-0.05, 0) is 24.3 Å². The summed E-state index contributed by atoms with van der Waals surface area (Å²) in [6.45, 7) is -0.682. The van der Waals surface area contributed by atoms with E-state index >= 15 is 0 Å². The molecule has 1 aromatic heterocycles. The molecule has 0 bridgehead atoms. The number of carbonyl (C=O) groups is 1. The third-order valence-electron chi connectivity index (χ3n) is 4.44. The molecule has 2 heterocycles. The number of hydrogen-bond acceptors (Lipinski definition) is 11. The topological polar surface area (TPSA) is 171 Å². The Balaban J connectivity index is 1.40. The molecule has 0 spiro atoms. The smallest absolute Gasteiger partial charge is 0.328 e. The number of sulfonamides is 1. The summed E-state index contributed by atoms with van der Waals surface area (Å²) < 4.78 is 36.9. The summed E-state index contributed by atoms with van der Waals surface area (Å²) in [6.07, 6.45) is 0. The lowest BCUT2D eigenvalue weighted by Crippen LogP contribution is -2.23. The summed E-state index contributed by atoms with van der Waals surface area (Å²) in [5.41, 5.74) is 6.75. The lowest BCUT2D eigenvalue weighted by atomic mass is 10.2. The van der Waals surface area contributed by atoms with E-state index in [0.717, 1.165) is 0 Å². The molecule has 0 unspecified atom stereocenters. The zero-order chi connectivity index (χ0) is 23.4. The average Bonchev–Trinajstić information content (AvgIpc) is 3.06. The van der Waals surface area contributed by atoms with Crippen LogP contribution in [0.3, 0.4) is 0 Å². The molecule has 12 nitrogen and oxygen atoms in total. The second-order valence-electron chi connectivity index (χ2n) is 6.69. The normalized spacial score (nSPS) is 14.9. The highest BCUT2D eigenvalue weighted by Gasteiger charge is 2.30. The van der Waals surface area contributed by atoms with Gasteiger partial charge in [0.15, 0.2) is 12.4 Å². The van der Waals surface area contributed by atoms with Crippen molar-refractivity contribution >= 4 is 39.4 Å². The van der Waals surface area contributed by atoms with Crippen LogP contribution in [0.25, 0.3) is 0 Å². The molecule has 1 aliphatic heterocycles. The van der Waals surface area contributed by atoms with Gasteiger partial charge in [0, 0.05) is 5.56 Å². The summed E-state index contributed by atoms with van der Waals surface area (Å²) in [7, 11) is -2.15. The number of anilines is 3. The zero-order valence-electron chi connectivity index (χ0n) is 17.3. The van der Waals surface area contributed by atoms with Crippen molar-refractivity contribution in [2.75, 3.05) is 24.7 Å². The van der Waals surface area contributed by atoms with Crippen molar-refractivity contribution in [3.63, 3.8) is 0 Å². The minimum atomic E-state index is -3.69. The number of nitrogen functional groups attached to an aromatic ring is 1. The molecular formula is C20H19N7O5S. The number of methoxy groups -OCH3 is 1. The highest BCUT2D eigenvalue weighted by atomic mass is 32.2. The molecule has 0 saturated heterocycles. The van der Waals surface area contributed by atoms with Gasteiger partial charge in [-0.25, -0.2) is 8.42 Å². The molecule has 0 fully saturated rings. The standard InChI is InChI=1S/C20H19N7O5S/c1-31-14-8-4-3-7-13(14)23-20-25-16(24-19(21)26-20)11-32-17(28)10-22-18-12-6-2-5-9-15(12)33(29,30)27-18/h2-9H,10-11H2,1H3,(H,22,27)(H3,21,23,24,25,26). The number of hydrogen-bond donors (Lipinski definition) is 3. The minimum absolute atomic E-state index is 0.0642. The fourth-order valence-electron chi connectivity index (χ4n) is 3.01. The van der Waals surface area contributed by atoms with Gasteiger partial charge in [-0.1, -0.05) is 24.3 Å². The van der Waals surface area contributed by atoms with Crippen molar-refractivity contribution in [2.24, 2.45) is 4.99 Å². The number of carbonyl (C=O) groups excluding carboxylic acids is 1. The van der Waals surface area contributed by atoms with Crippen molar-refractivity contribution < 1.29 is 22.7 Å². The number of nitrogens with two attached hydrogens (primary N) is 1. The van der Waals surface area contributed by atoms with Crippen LogP contribution in [0.1, 0.15) is 11.4 Å². The van der Waals surface area contributed by atoms with Gasteiger partial charge in [0.25, 0.3) is 10.0 Å². The van der Waals surface area contributed by atoms with Crippen LogP contribution in [0.15, 0.2) is 58.4 Å². The highest BCUT2D eigenvalue weighted by molar-refractivity contribution is 7.90. The first-order valence-corrected chi connectivity index (χ1v) is 11.1. The van der Waals surface area contributed by atoms with Crippen molar-refractivity contribution in [3.8, 4) is 5.75 Å². The van der Waals surface area contributed by atoms with E-state index in [-0.39, 0.29) is 35.1 Å². The molecule has 0 aliphatic carbocycles. The van der Waals surface area contributed by atoms with E-state index in [1.165, 1.54) is 13.2 Å². The second kappa shape index (κ2) is 9.08. The third-order valence-corrected chi connectivity index (χ3v) is 5.84. The maximum absolute atomic E-state index is 12.1. The van der Waals surface area contributed by atoms with E-state index in [9.17, 15) is 13.2 Å². The molecule has 13 heteroatoms. The van der Waals surface area contributed by atoms with E-state index in [0.29, 0.717) is 17.0 Å². The maximum atomic E-state index is 12.1. The Morgan fingerprint density at radius 1 is 1.12 bits per heavy atom. The van der Waals surface area contributed by atoms with Gasteiger partial charge in [-0.15, -0.1) is 0 Å². The van der Waals surface area contributed by atoms with Crippen molar-refractivity contribution in [3.05, 3.63) is 59.9 Å². The number of aromatic nitrogens is 3. The van der Waals surface area contributed by atoms with Crippen molar-refractivity contribution in [1.82, 2.24) is 19.7 Å². The summed E-state index contributed by atoms with van der Waals surface area (Å²) in [5, 5.41) is 2.98. The molecule has 4 N–H and O–H groups in total. The van der Waals surface area contributed by atoms with Gasteiger partial charge in [0.2, 0.25) is 11.9 Å². The van der Waals surface area contributed by atoms with E-state index in [1.807, 2.05) is 12.1 Å². The van der Waals surface area contributed by atoms with E-state index < -0.39 is 22.5 Å². The summed E-state index contributed by atoms with van der Waals surface area (Å²) in [4.78, 5) is 28.4. The van der Waals surface area contributed by atoms with Crippen LogP contribution in [0.5, 0.6) is 5.75 Å². The largest absolute Gasteiger partial charge is 0.495 e. The highest BCUT2D eigenvalue weighted by Crippen LogP contribution is 2.25. The lowest BCUT2D eigenvalue weighted by Gasteiger charge is -2.10. The number of fused-ring (bicyclic) bond motifs is 1. The first-order chi connectivity index (χ1) is 15.9. The first-order valence-electron chi connectivity index (χ1n) is 9.58. The number of rotatable bonds is 7. The summed E-state index contributed by atoms with van der Waals surface area (Å²) in [6, 6.07) is 13.5. The number of aliphatic imine (C=N–C) groups is 1. The SMILES string of the molecule is COc1ccccc1Nc1nc(N)nc(COC(=O)CN=C2NS(=O)(=O)c3ccccc32)n1. The van der Waals surface area contributed by atoms with Crippen LogP contribution >= 0.6 is 0 Å².